The highest BCUT2D eigenvalue weighted by Crippen LogP contribution is 2.22. The monoisotopic (exact) mass is 243 g/mol. The minimum Gasteiger partial charge on any atom is -0.480 e. The van der Waals surface area contributed by atoms with Crippen molar-refractivity contribution >= 4 is 17.3 Å². The molecule has 0 spiro atoms. The van der Waals surface area contributed by atoms with Crippen molar-refractivity contribution in [3.63, 3.8) is 0 Å². The lowest BCUT2D eigenvalue weighted by Crippen LogP contribution is -2.44. The summed E-state index contributed by atoms with van der Waals surface area (Å²) in [6.45, 7) is 3.59. The number of rotatable bonds is 6. The number of aliphatic hydroxyl groups is 1. The molecular formula is C11H17NO3S. The lowest BCUT2D eigenvalue weighted by molar-refractivity contribution is -0.140. The maximum atomic E-state index is 10.8. The fourth-order valence-electron chi connectivity index (χ4n) is 1.48. The molecule has 0 saturated heterocycles. The van der Waals surface area contributed by atoms with Gasteiger partial charge in [0.25, 0.3) is 0 Å². The average molecular weight is 243 g/mol. The van der Waals surface area contributed by atoms with E-state index in [1.165, 1.54) is 11.3 Å². The van der Waals surface area contributed by atoms with Gasteiger partial charge in [-0.3, -0.25) is 10.1 Å². The van der Waals surface area contributed by atoms with Gasteiger partial charge in [-0.25, -0.2) is 0 Å². The minimum absolute atomic E-state index is 0.278. The van der Waals surface area contributed by atoms with Gasteiger partial charge in [-0.05, 0) is 24.8 Å². The first-order valence-electron chi connectivity index (χ1n) is 5.26. The Morgan fingerprint density at radius 3 is 2.75 bits per heavy atom. The summed E-state index contributed by atoms with van der Waals surface area (Å²) < 4.78 is 0. The van der Waals surface area contributed by atoms with Crippen LogP contribution in [0.5, 0.6) is 0 Å². The topological polar surface area (TPSA) is 69.6 Å². The van der Waals surface area contributed by atoms with Gasteiger partial charge < -0.3 is 10.2 Å². The van der Waals surface area contributed by atoms with Gasteiger partial charge >= 0.3 is 5.97 Å². The van der Waals surface area contributed by atoms with Gasteiger partial charge in [0, 0.05) is 10.9 Å². The van der Waals surface area contributed by atoms with E-state index in [4.69, 9.17) is 5.11 Å². The summed E-state index contributed by atoms with van der Waals surface area (Å²) in [5.74, 6) is -0.882. The Labute approximate surface area is 98.9 Å². The number of carboxylic acids is 1. The van der Waals surface area contributed by atoms with Crippen LogP contribution in [0.4, 0.5) is 0 Å². The van der Waals surface area contributed by atoms with Crippen molar-refractivity contribution in [3.05, 3.63) is 22.4 Å². The SMILES string of the molecule is CCC(NC(C)C(O)c1cccs1)C(=O)O. The Morgan fingerprint density at radius 2 is 2.31 bits per heavy atom. The number of hydrogen-bond donors (Lipinski definition) is 3. The van der Waals surface area contributed by atoms with E-state index in [1.807, 2.05) is 17.5 Å². The number of aliphatic carboxylic acids is 1. The number of aliphatic hydroxyl groups excluding tert-OH is 1. The fourth-order valence-corrected chi connectivity index (χ4v) is 2.29. The molecule has 0 fully saturated rings. The molecule has 16 heavy (non-hydrogen) atoms. The van der Waals surface area contributed by atoms with Crippen molar-refractivity contribution in [2.45, 2.75) is 38.5 Å². The lowest BCUT2D eigenvalue weighted by Gasteiger charge is -2.22. The molecule has 0 saturated carbocycles. The van der Waals surface area contributed by atoms with Crippen molar-refractivity contribution in [2.24, 2.45) is 0 Å². The molecule has 0 aliphatic heterocycles. The van der Waals surface area contributed by atoms with Crippen LogP contribution < -0.4 is 5.32 Å². The van der Waals surface area contributed by atoms with Gasteiger partial charge in [0.15, 0.2) is 0 Å². The van der Waals surface area contributed by atoms with Crippen LogP contribution in [-0.4, -0.2) is 28.3 Å². The maximum absolute atomic E-state index is 10.8. The molecule has 1 rings (SSSR count). The summed E-state index contributed by atoms with van der Waals surface area (Å²) in [6, 6.07) is 2.82. The first-order valence-corrected chi connectivity index (χ1v) is 6.14. The third-order valence-electron chi connectivity index (χ3n) is 2.48. The van der Waals surface area contributed by atoms with Gasteiger partial charge in [-0.15, -0.1) is 11.3 Å². The summed E-state index contributed by atoms with van der Waals surface area (Å²) in [5.41, 5.74) is 0. The summed E-state index contributed by atoms with van der Waals surface area (Å²) in [4.78, 5) is 11.7. The second-order valence-electron chi connectivity index (χ2n) is 3.71. The van der Waals surface area contributed by atoms with Crippen LogP contribution in [0, 0.1) is 0 Å². The third kappa shape index (κ3) is 3.30. The van der Waals surface area contributed by atoms with Gasteiger partial charge in [0.1, 0.15) is 12.1 Å². The van der Waals surface area contributed by atoms with Crippen LogP contribution >= 0.6 is 11.3 Å². The smallest absolute Gasteiger partial charge is 0.320 e. The van der Waals surface area contributed by atoms with Gasteiger partial charge in [0.2, 0.25) is 0 Å². The highest BCUT2D eigenvalue weighted by atomic mass is 32.1. The van der Waals surface area contributed by atoms with Crippen LogP contribution in [0.2, 0.25) is 0 Å². The normalized spacial score (nSPS) is 16.7. The molecule has 5 heteroatoms. The lowest BCUT2D eigenvalue weighted by atomic mass is 10.1. The molecule has 0 aliphatic rings. The average Bonchev–Trinajstić information content (AvgIpc) is 2.77. The molecule has 0 aromatic carbocycles. The molecule has 1 aromatic heterocycles. The van der Waals surface area contributed by atoms with Crippen molar-refractivity contribution in [3.8, 4) is 0 Å². The van der Waals surface area contributed by atoms with Gasteiger partial charge in [-0.2, -0.15) is 0 Å². The van der Waals surface area contributed by atoms with Crippen LogP contribution in [0.3, 0.4) is 0 Å². The van der Waals surface area contributed by atoms with E-state index in [-0.39, 0.29) is 6.04 Å². The molecule has 3 atom stereocenters. The quantitative estimate of drug-likeness (QED) is 0.710. The molecule has 4 nitrogen and oxygen atoms in total. The van der Waals surface area contributed by atoms with E-state index in [0.29, 0.717) is 6.42 Å². The maximum Gasteiger partial charge on any atom is 0.320 e. The molecular weight excluding hydrogens is 226 g/mol. The van der Waals surface area contributed by atoms with Crippen LogP contribution in [0.1, 0.15) is 31.2 Å². The van der Waals surface area contributed by atoms with Crippen LogP contribution in [0.25, 0.3) is 0 Å². The second kappa shape index (κ2) is 5.98. The Hall–Kier alpha value is -0.910. The largest absolute Gasteiger partial charge is 0.480 e. The standard InChI is InChI=1S/C11H17NO3S/c1-3-8(11(14)15)12-7(2)10(13)9-5-4-6-16-9/h4-8,10,12-13H,3H2,1-2H3,(H,14,15). The molecule has 0 aliphatic carbocycles. The zero-order chi connectivity index (χ0) is 12.1. The second-order valence-corrected chi connectivity index (χ2v) is 4.69. The predicted octanol–water partition coefficient (Wildman–Crippen LogP) is 1.62. The summed E-state index contributed by atoms with van der Waals surface area (Å²) in [7, 11) is 0. The predicted molar refractivity (Wildman–Crippen MR) is 63.6 cm³/mol. The van der Waals surface area contributed by atoms with E-state index >= 15 is 0 Å². The van der Waals surface area contributed by atoms with Crippen LogP contribution in [0.15, 0.2) is 17.5 Å². The molecule has 0 amide bonds. The first kappa shape index (κ1) is 13.2. The minimum atomic E-state index is -0.882. The number of nitrogens with one attached hydrogen (secondary N) is 1. The molecule has 90 valence electrons. The highest BCUT2D eigenvalue weighted by Gasteiger charge is 2.23. The van der Waals surface area contributed by atoms with Gasteiger partial charge in [0.05, 0.1) is 0 Å². The molecule has 3 N–H and O–H groups in total. The summed E-state index contributed by atoms with van der Waals surface area (Å²) >= 11 is 1.47. The number of hydrogen-bond acceptors (Lipinski definition) is 4. The fraction of sp³-hybridized carbons (Fsp3) is 0.545. The zero-order valence-corrected chi connectivity index (χ0v) is 10.2. The molecule has 3 unspecified atom stereocenters. The number of thiophene rings is 1. The molecule has 1 aromatic rings. The van der Waals surface area contributed by atoms with Crippen molar-refractivity contribution in [1.29, 1.82) is 0 Å². The summed E-state index contributed by atoms with van der Waals surface area (Å²) in [5, 5.41) is 23.7. The Morgan fingerprint density at radius 1 is 1.62 bits per heavy atom. The summed E-state index contributed by atoms with van der Waals surface area (Å²) in [6.07, 6.45) is -0.162. The van der Waals surface area contributed by atoms with Crippen LogP contribution in [-0.2, 0) is 4.79 Å². The van der Waals surface area contributed by atoms with Crippen molar-refractivity contribution in [1.82, 2.24) is 5.32 Å². The zero-order valence-electron chi connectivity index (χ0n) is 9.38. The van der Waals surface area contributed by atoms with E-state index in [0.717, 1.165) is 4.88 Å². The Kier molecular flexibility index (Phi) is 4.92. The number of carbonyl (C=O) groups is 1. The molecule has 1 heterocycles. The highest BCUT2D eigenvalue weighted by molar-refractivity contribution is 7.10. The molecule has 0 radical (unpaired) electrons. The van der Waals surface area contributed by atoms with Crippen molar-refractivity contribution in [2.75, 3.05) is 0 Å². The van der Waals surface area contributed by atoms with Gasteiger partial charge in [-0.1, -0.05) is 13.0 Å². The Balaban J connectivity index is 2.57. The van der Waals surface area contributed by atoms with E-state index in [2.05, 4.69) is 5.32 Å². The number of carboxylic acid groups (broad SMARTS) is 1. The van der Waals surface area contributed by atoms with E-state index in [9.17, 15) is 9.90 Å². The Bertz CT molecular complexity index is 326. The first-order chi connectivity index (χ1) is 7.56. The van der Waals surface area contributed by atoms with Crippen molar-refractivity contribution < 1.29 is 15.0 Å². The third-order valence-corrected chi connectivity index (χ3v) is 3.42. The van der Waals surface area contributed by atoms with E-state index < -0.39 is 18.1 Å². The molecule has 0 bridgehead atoms. The van der Waals surface area contributed by atoms with E-state index in [1.54, 1.807) is 13.8 Å².